The average Bonchev–Trinajstić information content (AvgIpc) is 2.66. The van der Waals surface area contributed by atoms with Gasteiger partial charge in [-0.05, 0) is 42.2 Å². The fourth-order valence-corrected chi connectivity index (χ4v) is 4.01. The molecule has 2 rings (SSSR count). The first-order valence-electron chi connectivity index (χ1n) is 9.76. The zero-order chi connectivity index (χ0) is 21.4. The average molecular weight is 545 g/mol. The summed E-state index contributed by atoms with van der Waals surface area (Å²) >= 11 is 0. The summed E-state index contributed by atoms with van der Waals surface area (Å²) in [6, 6.07) is 15.8. The topological polar surface area (TPSA) is 82.6 Å². The van der Waals surface area contributed by atoms with Crippen LogP contribution in [0.4, 0.5) is 5.69 Å². The molecule has 0 amide bonds. The largest absolute Gasteiger partial charge is 0.380 e. The lowest BCUT2D eigenvalue weighted by atomic mass is 10.0. The molecule has 0 aromatic heterocycles. The molecule has 6 nitrogen and oxygen atoms in total. The van der Waals surface area contributed by atoms with Gasteiger partial charge in [-0.3, -0.25) is 4.99 Å². The van der Waals surface area contributed by atoms with Crippen molar-refractivity contribution in [1.29, 1.82) is 0 Å². The van der Waals surface area contributed by atoms with Gasteiger partial charge in [-0.15, -0.1) is 24.0 Å². The van der Waals surface area contributed by atoms with Gasteiger partial charge in [0.2, 0.25) is 0 Å². The highest BCUT2D eigenvalue weighted by molar-refractivity contribution is 14.0. The summed E-state index contributed by atoms with van der Waals surface area (Å²) in [4.78, 5) is 4.66. The maximum atomic E-state index is 11.8. The molecule has 0 aliphatic carbocycles. The molecule has 0 spiro atoms. The Kier molecular flexibility index (Phi) is 10.6. The number of aryl methyl sites for hydroxylation is 1. The Balaban J connectivity index is 0.00000450. The second-order valence-electron chi connectivity index (χ2n) is 7.54. The lowest BCUT2D eigenvalue weighted by Gasteiger charge is -2.25. The van der Waals surface area contributed by atoms with E-state index in [1.807, 2.05) is 37.3 Å². The highest BCUT2D eigenvalue weighted by Crippen LogP contribution is 2.16. The van der Waals surface area contributed by atoms with Gasteiger partial charge in [0.25, 0.3) is 0 Å². The quantitative estimate of drug-likeness (QED) is 0.268. The predicted octanol–water partition coefficient (Wildman–Crippen LogP) is 3.82. The van der Waals surface area contributed by atoms with Crippen molar-refractivity contribution in [3.63, 3.8) is 0 Å². The molecule has 8 heteroatoms. The minimum atomic E-state index is -3.20. The van der Waals surface area contributed by atoms with Crippen molar-refractivity contribution in [1.82, 2.24) is 10.6 Å². The van der Waals surface area contributed by atoms with E-state index >= 15 is 0 Å². The van der Waals surface area contributed by atoms with Crippen molar-refractivity contribution in [3.05, 3.63) is 59.7 Å². The van der Waals surface area contributed by atoms with Gasteiger partial charge in [0.1, 0.15) is 0 Å². The molecular weight excluding hydrogens is 511 g/mol. The van der Waals surface area contributed by atoms with Gasteiger partial charge in [0, 0.05) is 38.1 Å². The van der Waals surface area contributed by atoms with Crippen LogP contribution in [0.15, 0.2) is 58.4 Å². The van der Waals surface area contributed by atoms with Crippen LogP contribution in [0, 0.1) is 12.8 Å². The Hall–Kier alpha value is -1.81. The zero-order valence-corrected chi connectivity index (χ0v) is 21.4. The second-order valence-corrected chi connectivity index (χ2v) is 9.52. The van der Waals surface area contributed by atoms with E-state index in [2.05, 4.69) is 46.9 Å². The van der Waals surface area contributed by atoms with Crippen LogP contribution in [0.5, 0.6) is 0 Å². The fourth-order valence-electron chi connectivity index (χ4n) is 3.05. The van der Waals surface area contributed by atoms with E-state index in [1.165, 1.54) is 6.26 Å². The molecular formula is C22H33IN4O2S. The fraction of sp³-hybridized carbons (Fsp3) is 0.409. The molecule has 3 N–H and O–H groups in total. The Morgan fingerprint density at radius 1 is 1.07 bits per heavy atom. The minimum Gasteiger partial charge on any atom is -0.380 e. The SMILES string of the molecule is CN=C(NCc1ccc(S(C)(=O)=O)c(C)c1)NCC(Nc1ccccc1)C(C)C.I. The Morgan fingerprint density at radius 3 is 2.27 bits per heavy atom. The highest BCUT2D eigenvalue weighted by atomic mass is 127. The van der Waals surface area contributed by atoms with E-state index in [9.17, 15) is 8.42 Å². The summed E-state index contributed by atoms with van der Waals surface area (Å²) in [5.74, 6) is 1.14. The van der Waals surface area contributed by atoms with E-state index < -0.39 is 9.84 Å². The number of nitrogens with one attached hydrogen (secondary N) is 3. The summed E-state index contributed by atoms with van der Waals surface area (Å²) < 4.78 is 23.5. The van der Waals surface area contributed by atoms with Crippen LogP contribution < -0.4 is 16.0 Å². The van der Waals surface area contributed by atoms with E-state index in [4.69, 9.17) is 0 Å². The zero-order valence-electron chi connectivity index (χ0n) is 18.3. The van der Waals surface area contributed by atoms with Crippen molar-refractivity contribution in [2.45, 2.75) is 38.3 Å². The van der Waals surface area contributed by atoms with Crippen LogP contribution in [-0.4, -0.2) is 40.3 Å². The molecule has 166 valence electrons. The van der Waals surface area contributed by atoms with Crippen LogP contribution in [-0.2, 0) is 16.4 Å². The Bertz CT molecular complexity index is 931. The summed E-state index contributed by atoms with van der Waals surface area (Å²) in [5, 5.41) is 10.2. The van der Waals surface area contributed by atoms with E-state index in [-0.39, 0.29) is 30.0 Å². The van der Waals surface area contributed by atoms with Gasteiger partial charge < -0.3 is 16.0 Å². The molecule has 1 atom stereocenters. The van der Waals surface area contributed by atoms with Gasteiger partial charge in [0.05, 0.1) is 4.90 Å². The number of rotatable bonds is 8. The number of halogens is 1. The summed E-state index contributed by atoms with van der Waals surface area (Å²) in [6.07, 6.45) is 1.23. The molecule has 0 radical (unpaired) electrons. The third-order valence-corrected chi connectivity index (χ3v) is 6.00. The summed E-state index contributed by atoms with van der Waals surface area (Å²) in [7, 11) is -1.46. The molecule has 0 fully saturated rings. The smallest absolute Gasteiger partial charge is 0.191 e. The van der Waals surface area contributed by atoms with Crippen molar-refractivity contribution in [3.8, 4) is 0 Å². The third-order valence-electron chi connectivity index (χ3n) is 4.74. The maximum absolute atomic E-state index is 11.8. The van der Waals surface area contributed by atoms with E-state index in [0.717, 1.165) is 23.4 Å². The monoisotopic (exact) mass is 544 g/mol. The summed E-state index contributed by atoms with van der Waals surface area (Å²) in [5.41, 5.74) is 2.85. The number of hydrogen-bond donors (Lipinski definition) is 3. The first-order valence-corrected chi connectivity index (χ1v) is 11.7. The number of para-hydroxylation sites is 1. The molecule has 0 bridgehead atoms. The number of guanidine groups is 1. The Labute approximate surface area is 197 Å². The maximum Gasteiger partial charge on any atom is 0.191 e. The molecule has 0 saturated carbocycles. The molecule has 2 aromatic rings. The Morgan fingerprint density at radius 2 is 1.73 bits per heavy atom. The number of anilines is 1. The number of nitrogens with zero attached hydrogens (tertiary/aromatic N) is 1. The third kappa shape index (κ3) is 8.14. The van der Waals surface area contributed by atoms with Gasteiger partial charge in [0.15, 0.2) is 15.8 Å². The first-order chi connectivity index (χ1) is 13.7. The lowest BCUT2D eigenvalue weighted by molar-refractivity contribution is 0.512. The predicted molar refractivity (Wildman–Crippen MR) is 137 cm³/mol. The number of sulfone groups is 1. The highest BCUT2D eigenvalue weighted by Gasteiger charge is 2.14. The molecule has 1 unspecified atom stereocenters. The number of benzene rings is 2. The lowest BCUT2D eigenvalue weighted by Crippen LogP contribution is -2.44. The number of hydrogen-bond acceptors (Lipinski definition) is 4. The van der Waals surface area contributed by atoms with Gasteiger partial charge in [-0.2, -0.15) is 0 Å². The summed E-state index contributed by atoms with van der Waals surface area (Å²) in [6.45, 7) is 7.46. The van der Waals surface area contributed by atoms with Crippen molar-refractivity contribution >= 4 is 45.5 Å². The standard InChI is InChI=1S/C22H32N4O2S.HI/c1-16(2)20(26-19-9-7-6-8-10-19)15-25-22(23-4)24-14-18-11-12-21(17(3)13-18)29(5,27)28;/h6-13,16,20,26H,14-15H2,1-5H3,(H2,23,24,25);1H. The second kappa shape index (κ2) is 12.1. The van der Waals surface area contributed by atoms with Crippen LogP contribution in [0.2, 0.25) is 0 Å². The molecule has 0 saturated heterocycles. The molecule has 30 heavy (non-hydrogen) atoms. The minimum absolute atomic E-state index is 0. The van der Waals surface area contributed by atoms with Crippen LogP contribution in [0.25, 0.3) is 0 Å². The number of aliphatic imine (C=N–C) groups is 1. The molecule has 0 aliphatic heterocycles. The van der Waals surface area contributed by atoms with Crippen LogP contribution in [0.1, 0.15) is 25.0 Å². The molecule has 2 aromatic carbocycles. The van der Waals surface area contributed by atoms with Crippen molar-refractivity contribution in [2.75, 3.05) is 25.2 Å². The van der Waals surface area contributed by atoms with Crippen LogP contribution in [0.3, 0.4) is 0 Å². The first kappa shape index (κ1) is 26.2. The van der Waals surface area contributed by atoms with Gasteiger partial charge >= 0.3 is 0 Å². The van der Waals surface area contributed by atoms with Crippen molar-refractivity contribution < 1.29 is 8.42 Å². The van der Waals surface area contributed by atoms with E-state index in [0.29, 0.717) is 23.3 Å². The molecule has 0 heterocycles. The van der Waals surface area contributed by atoms with Gasteiger partial charge in [-0.25, -0.2) is 8.42 Å². The van der Waals surface area contributed by atoms with Crippen LogP contribution >= 0.6 is 24.0 Å². The van der Waals surface area contributed by atoms with Crippen molar-refractivity contribution in [2.24, 2.45) is 10.9 Å². The normalized spacial score (nSPS) is 12.8. The molecule has 0 aliphatic rings. The van der Waals surface area contributed by atoms with E-state index in [1.54, 1.807) is 13.1 Å². The van der Waals surface area contributed by atoms with Gasteiger partial charge in [-0.1, -0.05) is 44.2 Å².